The number of aromatic nitrogens is 3. The van der Waals surface area contributed by atoms with Gasteiger partial charge in [0.25, 0.3) is 0 Å². The molecule has 154 valence electrons. The number of ketones is 1. The van der Waals surface area contributed by atoms with Crippen molar-refractivity contribution in [2.75, 3.05) is 13.1 Å². The Morgan fingerprint density at radius 1 is 1.17 bits per heavy atom. The van der Waals surface area contributed by atoms with Crippen LogP contribution in [0.5, 0.6) is 0 Å². The number of aryl methyl sites for hydroxylation is 2. The maximum Gasteiger partial charge on any atom is 0.163 e. The highest BCUT2D eigenvalue weighted by atomic mass is 16.1. The lowest BCUT2D eigenvalue weighted by Gasteiger charge is -2.21. The number of nitrogens with zero attached hydrogens (tertiary/aromatic N) is 3. The largest absolute Gasteiger partial charge is 0.338 e. The smallest absolute Gasteiger partial charge is 0.163 e. The van der Waals surface area contributed by atoms with Crippen LogP contribution < -0.4 is 5.32 Å². The second-order valence-corrected chi connectivity index (χ2v) is 8.37. The summed E-state index contributed by atoms with van der Waals surface area (Å²) in [5.41, 5.74) is 5.04. The fraction of sp³-hybridized carbons (Fsp3) is 0.360. The summed E-state index contributed by atoms with van der Waals surface area (Å²) in [6, 6.07) is 16.6. The van der Waals surface area contributed by atoms with Crippen LogP contribution in [0.25, 0.3) is 33.5 Å². The van der Waals surface area contributed by atoms with E-state index in [9.17, 15) is 4.79 Å². The Balaban J connectivity index is 1.52. The summed E-state index contributed by atoms with van der Waals surface area (Å²) in [5, 5.41) is 4.62. The van der Waals surface area contributed by atoms with Gasteiger partial charge in [-0.25, -0.2) is 4.98 Å². The van der Waals surface area contributed by atoms with Crippen molar-refractivity contribution in [3.63, 3.8) is 0 Å². The van der Waals surface area contributed by atoms with Gasteiger partial charge < -0.3 is 14.5 Å². The standard InChI is InChI=1S/C25H28N4O/c1-3-29-21-9-5-4-8-18(21)15-23(29)25-27-20-14-19(10-11-22(20)28(25)2)24(30)13-17-7-6-12-26-16-17/h4-5,8-11,14-15,17,26H,3,6-7,12-13,16H2,1-2H3. The first-order chi connectivity index (χ1) is 14.7. The second kappa shape index (κ2) is 7.73. The normalized spacial score (nSPS) is 17.1. The van der Waals surface area contributed by atoms with E-state index in [0.717, 1.165) is 60.6 Å². The van der Waals surface area contributed by atoms with Crippen LogP contribution in [0.15, 0.2) is 48.5 Å². The van der Waals surface area contributed by atoms with Crippen molar-refractivity contribution in [3.8, 4) is 11.5 Å². The minimum atomic E-state index is 0.223. The van der Waals surface area contributed by atoms with Gasteiger partial charge in [0.2, 0.25) is 0 Å². The van der Waals surface area contributed by atoms with Gasteiger partial charge in [-0.2, -0.15) is 0 Å². The number of benzene rings is 2. The molecule has 1 atom stereocenters. The average molecular weight is 401 g/mol. The van der Waals surface area contributed by atoms with Crippen LogP contribution in [-0.2, 0) is 13.6 Å². The minimum absolute atomic E-state index is 0.223. The molecular weight excluding hydrogens is 372 g/mol. The van der Waals surface area contributed by atoms with Gasteiger partial charge in [0, 0.05) is 36.5 Å². The van der Waals surface area contributed by atoms with Gasteiger partial charge in [0.15, 0.2) is 11.6 Å². The fourth-order valence-corrected chi connectivity index (χ4v) is 4.82. The van der Waals surface area contributed by atoms with Crippen molar-refractivity contribution in [3.05, 3.63) is 54.1 Å². The predicted octanol–water partition coefficient (Wildman–Crippen LogP) is 4.79. The lowest BCUT2D eigenvalue weighted by Crippen LogP contribution is -2.31. The predicted molar refractivity (Wildman–Crippen MR) is 122 cm³/mol. The van der Waals surface area contributed by atoms with E-state index < -0.39 is 0 Å². The molecule has 2 aromatic carbocycles. The van der Waals surface area contributed by atoms with Crippen LogP contribution in [0.2, 0.25) is 0 Å². The molecule has 1 N–H and O–H groups in total. The lowest BCUT2D eigenvalue weighted by atomic mass is 9.92. The Morgan fingerprint density at radius 2 is 2.03 bits per heavy atom. The topological polar surface area (TPSA) is 51.9 Å². The van der Waals surface area contributed by atoms with Crippen LogP contribution in [0.3, 0.4) is 0 Å². The molecule has 1 unspecified atom stereocenters. The molecule has 0 spiro atoms. The summed E-state index contributed by atoms with van der Waals surface area (Å²) in [4.78, 5) is 17.8. The van der Waals surface area contributed by atoms with E-state index in [1.165, 1.54) is 10.9 Å². The molecule has 5 rings (SSSR count). The summed E-state index contributed by atoms with van der Waals surface area (Å²) in [5.74, 6) is 1.60. The number of fused-ring (bicyclic) bond motifs is 2. The van der Waals surface area contributed by atoms with Gasteiger partial charge in [0.1, 0.15) is 0 Å². The number of piperidine rings is 1. The third-order valence-corrected chi connectivity index (χ3v) is 6.43. The molecule has 30 heavy (non-hydrogen) atoms. The van der Waals surface area contributed by atoms with Crippen LogP contribution in [0, 0.1) is 5.92 Å². The van der Waals surface area contributed by atoms with Gasteiger partial charge in [-0.3, -0.25) is 4.79 Å². The molecule has 1 aliphatic rings. The van der Waals surface area contributed by atoms with Crippen molar-refractivity contribution >= 4 is 27.7 Å². The monoisotopic (exact) mass is 400 g/mol. The third kappa shape index (κ3) is 3.23. The Morgan fingerprint density at radius 3 is 2.83 bits per heavy atom. The van der Waals surface area contributed by atoms with E-state index in [1.807, 2.05) is 18.2 Å². The maximum absolute atomic E-state index is 12.9. The second-order valence-electron chi connectivity index (χ2n) is 8.37. The number of Topliss-reactive ketones (excluding diaryl/α,β-unsaturated/α-hetero) is 1. The highest BCUT2D eigenvalue weighted by Gasteiger charge is 2.20. The molecule has 0 aliphatic carbocycles. The zero-order chi connectivity index (χ0) is 20.7. The van der Waals surface area contributed by atoms with E-state index in [4.69, 9.17) is 4.98 Å². The van der Waals surface area contributed by atoms with Gasteiger partial charge in [-0.05, 0) is 69.1 Å². The summed E-state index contributed by atoms with van der Waals surface area (Å²) < 4.78 is 4.44. The van der Waals surface area contributed by atoms with Crippen molar-refractivity contribution in [1.82, 2.24) is 19.4 Å². The van der Waals surface area contributed by atoms with Crippen LogP contribution >= 0.6 is 0 Å². The van der Waals surface area contributed by atoms with Crippen molar-refractivity contribution < 1.29 is 4.79 Å². The first-order valence-corrected chi connectivity index (χ1v) is 10.9. The van der Waals surface area contributed by atoms with Crippen molar-refractivity contribution in [2.45, 2.75) is 32.7 Å². The van der Waals surface area contributed by atoms with Crippen molar-refractivity contribution in [2.24, 2.45) is 13.0 Å². The first kappa shape index (κ1) is 19.1. The molecule has 5 nitrogen and oxygen atoms in total. The number of para-hydroxylation sites is 1. The van der Waals surface area contributed by atoms with E-state index in [-0.39, 0.29) is 5.78 Å². The number of nitrogens with one attached hydrogen (secondary N) is 1. The molecule has 1 fully saturated rings. The molecule has 0 amide bonds. The Labute approximate surface area is 176 Å². The number of rotatable bonds is 5. The summed E-state index contributed by atoms with van der Waals surface area (Å²) >= 11 is 0. The molecule has 0 bridgehead atoms. The van der Waals surface area contributed by atoms with Gasteiger partial charge >= 0.3 is 0 Å². The van der Waals surface area contributed by atoms with Crippen LogP contribution in [0.4, 0.5) is 0 Å². The SMILES string of the molecule is CCn1c(-c2nc3cc(C(=O)CC4CCCNC4)ccc3n2C)cc2ccccc21. The molecule has 0 saturated carbocycles. The molecule has 1 saturated heterocycles. The van der Waals surface area contributed by atoms with Gasteiger partial charge in [-0.1, -0.05) is 18.2 Å². The molecule has 1 aliphatic heterocycles. The van der Waals surface area contributed by atoms with E-state index in [1.54, 1.807) is 0 Å². The summed E-state index contributed by atoms with van der Waals surface area (Å²) in [6.45, 7) is 5.06. The molecule has 5 heteroatoms. The fourth-order valence-electron chi connectivity index (χ4n) is 4.82. The maximum atomic E-state index is 12.9. The van der Waals surface area contributed by atoms with Gasteiger partial charge in [0.05, 0.1) is 16.7 Å². The average Bonchev–Trinajstić information content (AvgIpc) is 3.31. The molecule has 4 aromatic rings. The number of imidazole rings is 1. The number of hydrogen-bond donors (Lipinski definition) is 1. The van der Waals surface area contributed by atoms with Gasteiger partial charge in [-0.15, -0.1) is 0 Å². The molecule has 2 aromatic heterocycles. The third-order valence-electron chi connectivity index (χ3n) is 6.43. The highest BCUT2D eigenvalue weighted by molar-refractivity contribution is 5.99. The Hall–Kier alpha value is -2.92. The molecule has 3 heterocycles. The number of carbonyl (C=O) groups is 1. The Kier molecular flexibility index (Phi) is 4.91. The Bertz CT molecular complexity index is 1230. The zero-order valence-corrected chi connectivity index (χ0v) is 17.7. The quantitative estimate of drug-likeness (QED) is 0.490. The zero-order valence-electron chi connectivity index (χ0n) is 17.7. The van der Waals surface area contributed by atoms with E-state index in [2.05, 4.69) is 58.8 Å². The first-order valence-electron chi connectivity index (χ1n) is 10.9. The van der Waals surface area contributed by atoms with Crippen LogP contribution in [0.1, 0.15) is 36.5 Å². The number of hydrogen-bond acceptors (Lipinski definition) is 3. The van der Waals surface area contributed by atoms with E-state index >= 15 is 0 Å². The van der Waals surface area contributed by atoms with E-state index in [0.29, 0.717) is 12.3 Å². The molecule has 0 radical (unpaired) electrons. The van der Waals surface area contributed by atoms with Crippen LogP contribution in [-0.4, -0.2) is 33.0 Å². The summed E-state index contributed by atoms with van der Waals surface area (Å²) in [7, 11) is 2.05. The summed E-state index contributed by atoms with van der Waals surface area (Å²) in [6.07, 6.45) is 2.91. The lowest BCUT2D eigenvalue weighted by molar-refractivity contribution is 0.0954. The minimum Gasteiger partial charge on any atom is -0.338 e. The highest BCUT2D eigenvalue weighted by Crippen LogP contribution is 2.30. The van der Waals surface area contributed by atoms with Crippen molar-refractivity contribution in [1.29, 1.82) is 0 Å². The molecular formula is C25H28N4O. The number of carbonyl (C=O) groups excluding carboxylic acids is 1.